The summed E-state index contributed by atoms with van der Waals surface area (Å²) in [6.45, 7) is 3.47. The van der Waals surface area contributed by atoms with Crippen molar-refractivity contribution in [3.8, 4) is 0 Å². The Balaban J connectivity index is 2.70. The number of pyridine rings is 1. The van der Waals surface area contributed by atoms with Crippen LogP contribution in [0.1, 0.15) is 35.9 Å². The molecule has 1 atom stereocenters. The summed E-state index contributed by atoms with van der Waals surface area (Å²) < 4.78 is 35.9. The third-order valence-electron chi connectivity index (χ3n) is 2.33. The molecule has 1 aromatic heterocycles. The summed E-state index contributed by atoms with van der Waals surface area (Å²) in [5.74, 6) is 0. The maximum atomic E-state index is 12.0. The molecule has 1 heterocycles. The molecule has 1 rings (SSSR count). The highest BCUT2D eigenvalue weighted by Crippen LogP contribution is 2.28. The number of alkyl halides is 3. The van der Waals surface area contributed by atoms with Gasteiger partial charge in [0.1, 0.15) is 0 Å². The molecule has 5 heteroatoms. The quantitative estimate of drug-likeness (QED) is 0.870. The SMILES string of the molecule is Cc1ccc(C(O)CCC(F)(F)F)c(C)n1. The van der Waals surface area contributed by atoms with Gasteiger partial charge >= 0.3 is 6.18 Å². The zero-order valence-electron chi connectivity index (χ0n) is 9.17. The summed E-state index contributed by atoms with van der Waals surface area (Å²) in [5.41, 5.74) is 1.83. The average molecular weight is 233 g/mol. The maximum absolute atomic E-state index is 12.0. The van der Waals surface area contributed by atoms with E-state index in [1.807, 2.05) is 0 Å². The first-order chi connectivity index (χ1) is 7.29. The Hall–Kier alpha value is -1.10. The number of nitrogens with zero attached hydrogens (tertiary/aromatic N) is 1. The first kappa shape index (κ1) is 13.0. The molecule has 0 saturated carbocycles. The van der Waals surface area contributed by atoms with E-state index in [0.29, 0.717) is 11.3 Å². The lowest BCUT2D eigenvalue weighted by atomic mass is 10.0. The monoisotopic (exact) mass is 233 g/mol. The zero-order valence-corrected chi connectivity index (χ0v) is 9.17. The summed E-state index contributed by atoms with van der Waals surface area (Å²) in [4.78, 5) is 4.10. The molecule has 1 aromatic rings. The minimum atomic E-state index is -4.23. The average Bonchev–Trinajstić information content (AvgIpc) is 2.13. The standard InChI is InChI=1S/C11H14F3NO/c1-7-3-4-9(8(2)15-7)10(16)5-6-11(12,13)14/h3-4,10,16H,5-6H2,1-2H3. The lowest BCUT2D eigenvalue weighted by molar-refractivity contribution is -0.140. The highest BCUT2D eigenvalue weighted by molar-refractivity contribution is 5.23. The fourth-order valence-electron chi connectivity index (χ4n) is 1.51. The van der Waals surface area contributed by atoms with Crippen molar-refractivity contribution >= 4 is 0 Å². The number of hydrogen-bond acceptors (Lipinski definition) is 2. The van der Waals surface area contributed by atoms with Crippen LogP contribution in [0.5, 0.6) is 0 Å². The molecule has 2 nitrogen and oxygen atoms in total. The molecule has 0 amide bonds. The summed E-state index contributed by atoms with van der Waals surface area (Å²) in [6.07, 6.45) is -6.64. The van der Waals surface area contributed by atoms with E-state index < -0.39 is 18.7 Å². The third kappa shape index (κ3) is 3.81. The molecule has 16 heavy (non-hydrogen) atoms. The predicted octanol–water partition coefficient (Wildman–Crippen LogP) is 3.07. The Morgan fingerprint density at radius 3 is 2.44 bits per heavy atom. The van der Waals surface area contributed by atoms with Crippen molar-refractivity contribution in [2.75, 3.05) is 0 Å². The van der Waals surface area contributed by atoms with Crippen LogP contribution >= 0.6 is 0 Å². The lowest BCUT2D eigenvalue weighted by Crippen LogP contribution is -2.11. The van der Waals surface area contributed by atoms with Crippen molar-refractivity contribution < 1.29 is 18.3 Å². The van der Waals surface area contributed by atoms with Crippen molar-refractivity contribution in [1.82, 2.24) is 4.98 Å². The molecule has 0 saturated heterocycles. The van der Waals surface area contributed by atoms with Crippen LogP contribution in [0.25, 0.3) is 0 Å². The fraction of sp³-hybridized carbons (Fsp3) is 0.545. The Labute approximate surface area is 92.1 Å². The van der Waals surface area contributed by atoms with E-state index in [0.717, 1.165) is 5.69 Å². The normalized spacial score (nSPS) is 13.9. The van der Waals surface area contributed by atoms with Gasteiger partial charge in [-0.05, 0) is 26.3 Å². The molecule has 1 unspecified atom stereocenters. The smallest absolute Gasteiger partial charge is 0.388 e. The second kappa shape index (κ2) is 4.82. The van der Waals surface area contributed by atoms with Gasteiger partial charge in [0.15, 0.2) is 0 Å². The first-order valence-electron chi connectivity index (χ1n) is 4.98. The molecule has 0 spiro atoms. The Morgan fingerprint density at radius 1 is 1.31 bits per heavy atom. The highest BCUT2D eigenvalue weighted by Gasteiger charge is 2.28. The number of aromatic nitrogens is 1. The summed E-state index contributed by atoms with van der Waals surface area (Å²) in [5, 5.41) is 9.62. The van der Waals surface area contributed by atoms with E-state index >= 15 is 0 Å². The van der Waals surface area contributed by atoms with Crippen molar-refractivity contribution in [1.29, 1.82) is 0 Å². The first-order valence-corrected chi connectivity index (χ1v) is 4.98. The van der Waals surface area contributed by atoms with E-state index in [1.54, 1.807) is 26.0 Å². The van der Waals surface area contributed by atoms with Gasteiger partial charge in [-0.3, -0.25) is 4.98 Å². The third-order valence-corrected chi connectivity index (χ3v) is 2.33. The van der Waals surface area contributed by atoms with Crippen LogP contribution in [0, 0.1) is 13.8 Å². The highest BCUT2D eigenvalue weighted by atomic mass is 19.4. The summed E-state index contributed by atoms with van der Waals surface area (Å²) >= 11 is 0. The zero-order chi connectivity index (χ0) is 12.3. The molecule has 0 aromatic carbocycles. The number of halogens is 3. The van der Waals surface area contributed by atoms with E-state index in [4.69, 9.17) is 0 Å². The van der Waals surface area contributed by atoms with Crippen molar-refractivity contribution in [2.45, 2.75) is 39.0 Å². The van der Waals surface area contributed by atoms with Crippen LogP contribution < -0.4 is 0 Å². The molecule has 0 radical (unpaired) electrons. The van der Waals surface area contributed by atoms with Crippen LogP contribution in [0.3, 0.4) is 0 Å². The number of aliphatic hydroxyl groups is 1. The van der Waals surface area contributed by atoms with E-state index in [2.05, 4.69) is 4.98 Å². The molecule has 90 valence electrons. The second-order valence-electron chi connectivity index (χ2n) is 3.80. The van der Waals surface area contributed by atoms with Crippen molar-refractivity contribution in [3.05, 3.63) is 29.1 Å². The molecule has 0 aliphatic heterocycles. The molecule has 0 aliphatic carbocycles. The van der Waals surface area contributed by atoms with Gasteiger partial charge in [-0.25, -0.2) is 0 Å². The number of hydrogen-bond donors (Lipinski definition) is 1. The van der Waals surface area contributed by atoms with Crippen LogP contribution in [0.15, 0.2) is 12.1 Å². The molecule has 0 fully saturated rings. The Kier molecular flexibility index (Phi) is 3.91. The van der Waals surface area contributed by atoms with E-state index in [-0.39, 0.29) is 6.42 Å². The maximum Gasteiger partial charge on any atom is 0.389 e. The van der Waals surface area contributed by atoms with Crippen molar-refractivity contribution in [3.63, 3.8) is 0 Å². The van der Waals surface area contributed by atoms with Gasteiger partial charge in [-0.15, -0.1) is 0 Å². The number of rotatable bonds is 3. The van der Waals surface area contributed by atoms with Gasteiger partial charge in [0.2, 0.25) is 0 Å². The largest absolute Gasteiger partial charge is 0.389 e. The van der Waals surface area contributed by atoms with Gasteiger partial charge in [0.25, 0.3) is 0 Å². The second-order valence-corrected chi connectivity index (χ2v) is 3.80. The fourth-order valence-corrected chi connectivity index (χ4v) is 1.51. The van der Waals surface area contributed by atoms with Crippen LogP contribution in [0.4, 0.5) is 13.2 Å². The van der Waals surface area contributed by atoms with E-state index in [1.165, 1.54) is 0 Å². The number of aryl methyl sites for hydroxylation is 2. The van der Waals surface area contributed by atoms with Crippen LogP contribution in [-0.2, 0) is 0 Å². The minimum absolute atomic E-state index is 0.324. The van der Waals surface area contributed by atoms with Gasteiger partial charge in [-0.1, -0.05) is 6.07 Å². The Morgan fingerprint density at radius 2 is 1.94 bits per heavy atom. The minimum Gasteiger partial charge on any atom is -0.388 e. The van der Waals surface area contributed by atoms with E-state index in [9.17, 15) is 18.3 Å². The summed E-state index contributed by atoms with van der Waals surface area (Å²) in [7, 11) is 0. The molecular weight excluding hydrogens is 219 g/mol. The molecule has 0 bridgehead atoms. The van der Waals surface area contributed by atoms with Crippen molar-refractivity contribution in [2.24, 2.45) is 0 Å². The van der Waals surface area contributed by atoms with Gasteiger partial charge < -0.3 is 5.11 Å². The molecular formula is C11H14F3NO. The van der Waals surface area contributed by atoms with Crippen LogP contribution in [-0.4, -0.2) is 16.3 Å². The van der Waals surface area contributed by atoms with Gasteiger partial charge in [-0.2, -0.15) is 13.2 Å². The van der Waals surface area contributed by atoms with Gasteiger partial charge in [0.05, 0.1) is 6.10 Å². The topological polar surface area (TPSA) is 33.1 Å². The van der Waals surface area contributed by atoms with Crippen LogP contribution in [0.2, 0.25) is 0 Å². The van der Waals surface area contributed by atoms with Gasteiger partial charge in [0, 0.05) is 23.4 Å². The predicted molar refractivity (Wildman–Crippen MR) is 54.0 cm³/mol. The molecule has 0 aliphatic rings. The summed E-state index contributed by atoms with van der Waals surface area (Å²) in [6, 6.07) is 3.30. The number of aliphatic hydroxyl groups excluding tert-OH is 1. The lowest BCUT2D eigenvalue weighted by Gasteiger charge is -2.14. The Bertz CT molecular complexity index is 363. The molecule has 1 N–H and O–H groups in total.